The number of aliphatic carboxylic acids is 1. The van der Waals surface area contributed by atoms with E-state index < -0.39 is 17.8 Å². The molecule has 0 radical (unpaired) electrons. The lowest BCUT2D eigenvalue weighted by molar-refractivity contribution is -0.147. The zero-order valence-corrected chi connectivity index (χ0v) is 13.2. The average Bonchev–Trinajstić information content (AvgIpc) is 3.16. The molecule has 122 valence electrons. The van der Waals surface area contributed by atoms with E-state index in [4.69, 9.17) is 0 Å². The predicted molar refractivity (Wildman–Crippen MR) is 87.7 cm³/mol. The predicted octanol–water partition coefficient (Wildman–Crippen LogP) is 2.65. The third kappa shape index (κ3) is 3.46. The topological polar surface area (TPSA) is 66.4 Å². The molecule has 4 nitrogen and oxygen atoms in total. The molecule has 0 aromatic heterocycles. The van der Waals surface area contributed by atoms with E-state index in [9.17, 15) is 14.7 Å². The van der Waals surface area contributed by atoms with Gasteiger partial charge in [0.1, 0.15) is 0 Å². The summed E-state index contributed by atoms with van der Waals surface area (Å²) in [4.78, 5) is 23.8. The molecule has 4 heteroatoms. The molecule has 23 heavy (non-hydrogen) atoms. The number of hydrogen-bond donors (Lipinski definition) is 2. The van der Waals surface area contributed by atoms with Crippen molar-refractivity contribution in [3.8, 4) is 0 Å². The number of unbranched alkanes of at least 4 members (excludes halogenated alkanes) is 1. The number of carboxylic acid groups (broad SMARTS) is 1. The number of allylic oxidation sites excluding steroid dienone is 2. The number of nitrogens with one attached hydrogen (secondary N) is 1. The Balaban J connectivity index is 1.43. The molecule has 0 aliphatic heterocycles. The van der Waals surface area contributed by atoms with E-state index >= 15 is 0 Å². The van der Waals surface area contributed by atoms with Crippen molar-refractivity contribution in [1.82, 2.24) is 5.32 Å². The van der Waals surface area contributed by atoms with E-state index in [1.165, 1.54) is 5.56 Å². The Bertz CT molecular complexity index is 596. The van der Waals surface area contributed by atoms with Gasteiger partial charge in [-0.05, 0) is 43.1 Å². The molecular formula is C19H23NO3. The van der Waals surface area contributed by atoms with Crippen LogP contribution in [-0.2, 0) is 16.0 Å². The zero-order chi connectivity index (χ0) is 16.2. The van der Waals surface area contributed by atoms with Gasteiger partial charge in [-0.2, -0.15) is 0 Å². The number of carboxylic acids is 1. The van der Waals surface area contributed by atoms with Crippen LogP contribution in [0.4, 0.5) is 0 Å². The molecule has 1 fully saturated rings. The van der Waals surface area contributed by atoms with Crippen LogP contribution < -0.4 is 5.32 Å². The van der Waals surface area contributed by atoms with Gasteiger partial charge >= 0.3 is 5.97 Å². The van der Waals surface area contributed by atoms with E-state index in [-0.39, 0.29) is 17.7 Å². The van der Waals surface area contributed by atoms with Crippen LogP contribution in [0.25, 0.3) is 0 Å². The smallest absolute Gasteiger partial charge is 0.307 e. The average molecular weight is 313 g/mol. The second kappa shape index (κ2) is 6.99. The van der Waals surface area contributed by atoms with Crippen LogP contribution in [0.5, 0.6) is 0 Å². The summed E-state index contributed by atoms with van der Waals surface area (Å²) in [7, 11) is 0. The number of hydrogen-bond acceptors (Lipinski definition) is 2. The molecule has 4 atom stereocenters. The van der Waals surface area contributed by atoms with Crippen molar-refractivity contribution in [2.45, 2.75) is 25.7 Å². The Kier molecular flexibility index (Phi) is 4.79. The summed E-state index contributed by atoms with van der Waals surface area (Å²) in [6.45, 7) is 0.621. The van der Waals surface area contributed by atoms with Crippen LogP contribution in [0, 0.1) is 23.7 Å². The first-order valence-electron chi connectivity index (χ1n) is 8.39. The van der Waals surface area contributed by atoms with Crippen molar-refractivity contribution in [2.24, 2.45) is 23.7 Å². The van der Waals surface area contributed by atoms with E-state index in [0.717, 1.165) is 25.7 Å². The molecule has 1 saturated carbocycles. The fraction of sp³-hybridized carbons (Fsp3) is 0.474. The van der Waals surface area contributed by atoms with Crippen LogP contribution in [0.3, 0.4) is 0 Å². The first-order valence-corrected chi connectivity index (χ1v) is 8.39. The fourth-order valence-corrected chi connectivity index (χ4v) is 3.94. The Labute approximate surface area is 136 Å². The van der Waals surface area contributed by atoms with Crippen LogP contribution >= 0.6 is 0 Å². The first-order chi connectivity index (χ1) is 11.2. The lowest BCUT2D eigenvalue weighted by Gasteiger charge is -2.23. The fourth-order valence-electron chi connectivity index (χ4n) is 3.94. The number of rotatable bonds is 7. The number of amides is 1. The van der Waals surface area contributed by atoms with Gasteiger partial charge in [0.25, 0.3) is 0 Å². The Morgan fingerprint density at radius 3 is 2.43 bits per heavy atom. The van der Waals surface area contributed by atoms with Gasteiger partial charge in [0, 0.05) is 6.54 Å². The molecule has 1 aromatic rings. The lowest BCUT2D eigenvalue weighted by Crippen LogP contribution is -2.40. The largest absolute Gasteiger partial charge is 0.481 e. The van der Waals surface area contributed by atoms with Gasteiger partial charge in [0.15, 0.2) is 0 Å². The van der Waals surface area contributed by atoms with Crippen molar-refractivity contribution < 1.29 is 14.7 Å². The molecule has 3 rings (SSSR count). The normalized spacial score (nSPS) is 28.0. The van der Waals surface area contributed by atoms with Crippen molar-refractivity contribution in [3.63, 3.8) is 0 Å². The maximum atomic E-state index is 12.4. The SMILES string of the molecule is O=C(O)[C@@H]1[C@@H](C(=O)NCCCCc2ccccc2)[C@H]2C=C[C@H]1C2. The molecule has 1 amide bonds. The zero-order valence-electron chi connectivity index (χ0n) is 13.2. The number of fused-ring (bicyclic) bond motifs is 2. The number of carbonyl (C=O) groups excluding carboxylic acids is 1. The van der Waals surface area contributed by atoms with Gasteiger partial charge in [-0.15, -0.1) is 0 Å². The molecule has 0 spiro atoms. The third-order valence-corrected chi connectivity index (χ3v) is 5.08. The summed E-state index contributed by atoms with van der Waals surface area (Å²) in [6, 6.07) is 10.3. The second-order valence-corrected chi connectivity index (χ2v) is 6.57. The number of carbonyl (C=O) groups is 2. The van der Waals surface area contributed by atoms with Crippen LogP contribution in [0.15, 0.2) is 42.5 Å². The van der Waals surface area contributed by atoms with E-state index in [1.807, 2.05) is 30.4 Å². The van der Waals surface area contributed by atoms with E-state index in [1.54, 1.807) is 0 Å². The van der Waals surface area contributed by atoms with Gasteiger partial charge in [0.2, 0.25) is 5.91 Å². The maximum absolute atomic E-state index is 12.4. The Morgan fingerprint density at radius 1 is 1.04 bits per heavy atom. The Morgan fingerprint density at radius 2 is 1.74 bits per heavy atom. The Hall–Kier alpha value is -2.10. The van der Waals surface area contributed by atoms with E-state index in [2.05, 4.69) is 17.4 Å². The van der Waals surface area contributed by atoms with Gasteiger partial charge in [-0.25, -0.2) is 0 Å². The minimum Gasteiger partial charge on any atom is -0.481 e. The third-order valence-electron chi connectivity index (χ3n) is 5.08. The molecule has 2 N–H and O–H groups in total. The summed E-state index contributed by atoms with van der Waals surface area (Å²) >= 11 is 0. The molecule has 0 heterocycles. The quantitative estimate of drug-likeness (QED) is 0.601. The molecule has 2 aliphatic rings. The van der Waals surface area contributed by atoms with Crippen LogP contribution in [0.2, 0.25) is 0 Å². The molecular weight excluding hydrogens is 290 g/mol. The molecule has 2 aliphatic carbocycles. The van der Waals surface area contributed by atoms with E-state index in [0.29, 0.717) is 6.54 Å². The molecule has 0 saturated heterocycles. The summed E-state index contributed by atoms with van der Waals surface area (Å²) in [6.07, 6.45) is 7.73. The van der Waals surface area contributed by atoms with Crippen LogP contribution in [-0.4, -0.2) is 23.5 Å². The summed E-state index contributed by atoms with van der Waals surface area (Å²) in [5.41, 5.74) is 1.31. The number of benzene rings is 1. The monoisotopic (exact) mass is 313 g/mol. The summed E-state index contributed by atoms with van der Waals surface area (Å²) < 4.78 is 0. The maximum Gasteiger partial charge on any atom is 0.307 e. The van der Waals surface area contributed by atoms with Crippen molar-refractivity contribution >= 4 is 11.9 Å². The minimum atomic E-state index is -0.842. The highest BCUT2D eigenvalue weighted by Gasteiger charge is 2.51. The lowest BCUT2D eigenvalue weighted by atomic mass is 9.82. The van der Waals surface area contributed by atoms with Crippen molar-refractivity contribution in [3.05, 3.63) is 48.0 Å². The van der Waals surface area contributed by atoms with Crippen LogP contribution in [0.1, 0.15) is 24.8 Å². The first kappa shape index (κ1) is 15.8. The summed E-state index contributed by atoms with van der Waals surface area (Å²) in [5, 5.41) is 12.3. The standard InChI is InChI=1S/C19H23NO3/c21-18(16-14-9-10-15(12-14)17(16)19(22)23)20-11-5-4-8-13-6-2-1-3-7-13/h1-3,6-7,9-10,14-17H,4-5,8,11-12H2,(H,20,21)(H,22,23)/t14-,15-,16-,17-/m0/s1. The molecule has 1 aromatic carbocycles. The molecule has 2 bridgehead atoms. The van der Waals surface area contributed by atoms with Gasteiger partial charge < -0.3 is 10.4 Å². The molecule has 0 unspecified atom stereocenters. The van der Waals surface area contributed by atoms with Crippen molar-refractivity contribution in [2.75, 3.05) is 6.54 Å². The second-order valence-electron chi connectivity index (χ2n) is 6.57. The van der Waals surface area contributed by atoms with Gasteiger partial charge in [-0.3, -0.25) is 9.59 Å². The number of aryl methyl sites for hydroxylation is 1. The highest BCUT2D eigenvalue weighted by molar-refractivity contribution is 5.86. The minimum absolute atomic E-state index is 0.0336. The van der Waals surface area contributed by atoms with Gasteiger partial charge in [0.05, 0.1) is 11.8 Å². The summed E-state index contributed by atoms with van der Waals surface area (Å²) in [5.74, 6) is -1.73. The van der Waals surface area contributed by atoms with Crippen molar-refractivity contribution in [1.29, 1.82) is 0 Å². The highest BCUT2D eigenvalue weighted by atomic mass is 16.4. The van der Waals surface area contributed by atoms with Gasteiger partial charge in [-0.1, -0.05) is 42.5 Å². The highest BCUT2D eigenvalue weighted by Crippen LogP contribution is 2.48.